The quantitative estimate of drug-likeness (QED) is 0.311. The van der Waals surface area contributed by atoms with Crippen LogP contribution in [0.3, 0.4) is 0 Å². The molecule has 172 valence electrons. The smallest absolute Gasteiger partial charge is 0.303 e. The maximum atomic E-state index is 11.9. The molecule has 0 spiro atoms. The average molecular weight is 446 g/mol. The van der Waals surface area contributed by atoms with Gasteiger partial charge in [0.25, 0.3) is 0 Å². The highest BCUT2D eigenvalue weighted by atomic mass is 16.5. The molecule has 1 N–H and O–H groups in total. The van der Waals surface area contributed by atoms with Crippen LogP contribution in [0.15, 0.2) is 79.0 Å². The average Bonchev–Trinajstić information content (AvgIpc) is 2.81. The first-order valence-electron chi connectivity index (χ1n) is 11.1. The number of nitrogens with zero attached hydrogens (tertiary/aromatic N) is 1. The molecule has 0 radical (unpaired) electrons. The lowest BCUT2D eigenvalue weighted by molar-refractivity contribution is -0.146. The van der Waals surface area contributed by atoms with Crippen molar-refractivity contribution < 1.29 is 19.4 Å². The second kappa shape index (κ2) is 11.4. The van der Waals surface area contributed by atoms with Gasteiger partial charge >= 0.3 is 5.97 Å². The number of aromatic nitrogens is 1. The van der Waals surface area contributed by atoms with Crippen molar-refractivity contribution in [1.82, 2.24) is 4.98 Å². The maximum Gasteiger partial charge on any atom is 0.303 e. The Morgan fingerprint density at radius 1 is 1.15 bits per heavy atom. The van der Waals surface area contributed by atoms with Crippen LogP contribution in [0, 0.1) is 5.92 Å². The Morgan fingerprint density at radius 3 is 2.61 bits per heavy atom. The van der Waals surface area contributed by atoms with Crippen LogP contribution in [0.5, 0.6) is 5.75 Å². The fourth-order valence-electron chi connectivity index (χ4n) is 3.66. The van der Waals surface area contributed by atoms with Crippen molar-refractivity contribution in [3.63, 3.8) is 0 Å². The van der Waals surface area contributed by atoms with Gasteiger partial charge in [-0.15, -0.1) is 0 Å². The fraction of sp³-hybridized carbons (Fsp3) is 0.286. The topological polar surface area (TPSA) is 68.7 Å². The van der Waals surface area contributed by atoms with Crippen molar-refractivity contribution in [1.29, 1.82) is 0 Å². The standard InChI is InChI=1S/C28H31NO4/c1-19(2)20(3)24(23-17-22-9-5-7-11-26(22)29-18-23)13-14-28(33-21(4)31)25-10-6-8-12-27(25)32-16-15-30/h5-13,17-19,28,30H,3,14-16H2,1-2,4H3/b24-13-/t28-/m1/s1. The Morgan fingerprint density at radius 2 is 1.88 bits per heavy atom. The van der Waals surface area contributed by atoms with E-state index in [1.54, 1.807) is 0 Å². The van der Waals surface area contributed by atoms with Gasteiger partial charge in [-0.25, -0.2) is 0 Å². The normalized spacial score (nSPS) is 12.6. The number of benzene rings is 2. The zero-order valence-corrected chi connectivity index (χ0v) is 19.5. The third-order valence-corrected chi connectivity index (χ3v) is 5.40. The number of hydrogen-bond donors (Lipinski definition) is 1. The van der Waals surface area contributed by atoms with Crippen LogP contribution < -0.4 is 4.74 Å². The van der Waals surface area contributed by atoms with Gasteiger partial charge in [0, 0.05) is 36.1 Å². The molecule has 3 rings (SSSR count). The lowest BCUT2D eigenvalue weighted by Crippen LogP contribution is -2.11. The van der Waals surface area contributed by atoms with Crippen molar-refractivity contribution in [2.45, 2.75) is 33.3 Å². The predicted molar refractivity (Wildman–Crippen MR) is 132 cm³/mol. The van der Waals surface area contributed by atoms with E-state index in [1.165, 1.54) is 6.92 Å². The van der Waals surface area contributed by atoms with Gasteiger partial charge in [0.05, 0.1) is 12.1 Å². The third-order valence-electron chi connectivity index (χ3n) is 5.40. The van der Waals surface area contributed by atoms with Gasteiger partial charge < -0.3 is 14.6 Å². The number of pyridine rings is 1. The largest absolute Gasteiger partial charge is 0.491 e. The minimum atomic E-state index is -0.541. The van der Waals surface area contributed by atoms with Crippen LogP contribution in [0.2, 0.25) is 0 Å². The predicted octanol–water partition coefficient (Wildman–Crippen LogP) is 5.90. The molecule has 0 aliphatic carbocycles. The Bertz CT molecular complexity index is 1150. The SMILES string of the molecule is C=C(/C(=C/C[C@@H](OC(C)=O)c1ccccc1OCCO)c1cnc2ccccc2c1)C(C)C. The summed E-state index contributed by atoms with van der Waals surface area (Å²) >= 11 is 0. The first kappa shape index (κ1) is 24.2. The molecule has 5 heteroatoms. The number of esters is 1. The van der Waals surface area contributed by atoms with E-state index in [2.05, 4.69) is 37.6 Å². The van der Waals surface area contributed by atoms with E-state index >= 15 is 0 Å². The molecule has 1 heterocycles. The number of carbonyl (C=O) groups is 1. The van der Waals surface area contributed by atoms with Crippen LogP contribution in [-0.4, -0.2) is 29.3 Å². The van der Waals surface area contributed by atoms with Gasteiger partial charge in [0.1, 0.15) is 18.5 Å². The highest BCUT2D eigenvalue weighted by Crippen LogP contribution is 2.34. The summed E-state index contributed by atoms with van der Waals surface area (Å²) in [5.74, 6) is 0.444. The second-order valence-electron chi connectivity index (χ2n) is 8.16. The molecular formula is C28H31NO4. The monoisotopic (exact) mass is 445 g/mol. The second-order valence-corrected chi connectivity index (χ2v) is 8.16. The number of hydrogen-bond acceptors (Lipinski definition) is 5. The number of ether oxygens (including phenoxy) is 2. The summed E-state index contributed by atoms with van der Waals surface area (Å²) in [7, 11) is 0. The van der Waals surface area contributed by atoms with E-state index in [0.717, 1.165) is 33.2 Å². The molecule has 2 aromatic carbocycles. The van der Waals surface area contributed by atoms with Gasteiger partial charge in [-0.3, -0.25) is 9.78 Å². The van der Waals surface area contributed by atoms with Gasteiger partial charge in [-0.2, -0.15) is 0 Å². The summed E-state index contributed by atoms with van der Waals surface area (Å²) < 4.78 is 11.4. The molecule has 0 fully saturated rings. The Hall–Kier alpha value is -3.44. The van der Waals surface area contributed by atoms with Crippen LogP contribution in [0.1, 0.15) is 44.4 Å². The van der Waals surface area contributed by atoms with E-state index in [4.69, 9.17) is 14.6 Å². The molecular weight excluding hydrogens is 414 g/mol. The van der Waals surface area contributed by atoms with E-state index in [0.29, 0.717) is 12.2 Å². The third kappa shape index (κ3) is 6.30. The lowest BCUT2D eigenvalue weighted by Gasteiger charge is -2.21. The van der Waals surface area contributed by atoms with E-state index in [1.807, 2.05) is 54.7 Å². The van der Waals surface area contributed by atoms with Gasteiger partial charge in [0.15, 0.2) is 0 Å². The molecule has 0 saturated carbocycles. The molecule has 3 aromatic rings. The Labute approximate surface area is 195 Å². The highest BCUT2D eigenvalue weighted by molar-refractivity contribution is 5.86. The zero-order chi connectivity index (χ0) is 23.8. The van der Waals surface area contributed by atoms with Crippen LogP contribution >= 0.6 is 0 Å². The first-order chi connectivity index (χ1) is 15.9. The summed E-state index contributed by atoms with van der Waals surface area (Å²) in [6.45, 7) is 10.00. The number of para-hydroxylation sites is 2. The number of rotatable bonds is 10. The van der Waals surface area contributed by atoms with Crippen molar-refractivity contribution in [3.8, 4) is 5.75 Å². The molecule has 0 aliphatic rings. The Kier molecular flexibility index (Phi) is 8.39. The highest BCUT2D eigenvalue weighted by Gasteiger charge is 2.20. The number of fused-ring (bicyclic) bond motifs is 1. The number of aliphatic hydroxyl groups excluding tert-OH is 1. The molecule has 5 nitrogen and oxygen atoms in total. The molecule has 1 atom stereocenters. The van der Waals surface area contributed by atoms with Crippen LogP contribution in [-0.2, 0) is 9.53 Å². The van der Waals surface area contributed by atoms with Crippen molar-refractivity contribution in [3.05, 3.63) is 90.1 Å². The van der Waals surface area contributed by atoms with Crippen LogP contribution in [0.4, 0.5) is 0 Å². The van der Waals surface area contributed by atoms with Gasteiger partial charge in [-0.1, -0.05) is 62.9 Å². The summed E-state index contributed by atoms with van der Waals surface area (Å²) in [6, 6.07) is 17.5. The molecule has 0 bridgehead atoms. The van der Waals surface area contributed by atoms with Gasteiger partial charge in [0.2, 0.25) is 0 Å². The summed E-state index contributed by atoms with van der Waals surface area (Å²) in [4.78, 5) is 16.5. The Balaban J connectivity index is 2.01. The number of allylic oxidation sites excluding steroid dienone is 2. The lowest BCUT2D eigenvalue weighted by atomic mass is 9.90. The molecule has 0 aliphatic heterocycles. The maximum absolute atomic E-state index is 11.9. The molecule has 0 unspecified atom stereocenters. The summed E-state index contributed by atoms with van der Waals surface area (Å²) in [6.07, 6.45) is 3.82. The van der Waals surface area contributed by atoms with E-state index in [9.17, 15) is 4.79 Å². The molecule has 0 saturated heterocycles. The summed E-state index contributed by atoms with van der Waals surface area (Å²) in [5.41, 5.74) is 4.62. The first-order valence-corrected chi connectivity index (χ1v) is 11.1. The van der Waals surface area contributed by atoms with Crippen molar-refractivity contribution in [2.75, 3.05) is 13.2 Å². The van der Waals surface area contributed by atoms with Crippen molar-refractivity contribution >= 4 is 22.4 Å². The fourth-order valence-corrected chi connectivity index (χ4v) is 3.66. The minimum Gasteiger partial charge on any atom is -0.491 e. The van der Waals surface area contributed by atoms with E-state index < -0.39 is 6.10 Å². The number of carbonyl (C=O) groups excluding carboxylic acids is 1. The van der Waals surface area contributed by atoms with Crippen molar-refractivity contribution in [2.24, 2.45) is 5.92 Å². The minimum absolute atomic E-state index is 0.0974. The number of aliphatic hydroxyl groups is 1. The zero-order valence-electron chi connectivity index (χ0n) is 19.5. The molecule has 33 heavy (non-hydrogen) atoms. The van der Waals surface area contributed by atoms with Gasteiger partial charge in [-0.05, 0) is 35.3 Å². The molecule has 0 amide bonds. The summed E-state index contributed by atoms with van der Waals surface area (Å²) in [5, 5.41) is 10.2. The molecule has 1 aromatic heterocycles. The van der Waals surface area contributed by atoms with Crippen LogP contribution in [0.25, 0.3) is 16.5 Å². The van der Waals surface area contributed by atoms with E-state index in [-0.39, 0.29) is 25.1 Å².